The summed E-state index contributed by atoms with van der Waals surface area (Å²) < 4.78 is 3.06. The second-order valence-electron chi connectivity index (χ2n) is 5.45. The van der Waals surface area contributed by atoms with Crippen LogP contribution < -0.4 is 4.73 Å². The maximum absolute atomic E-state index is 12.1. The lowest BCUT2D eigenvalue weighted by Gasteiger charge is -2.11. The normalized spacial score (nSPS) is 11.8. The van der Waals surface area contributed by atoms with Crippen LogP contribution in [0.25, 0.3) is 22.1 Å². The van der Waals surface area contributed by atoms with Crippen molar-refractivity contribution in [1.82, 2.24) is 14.5 Å². The largest absolute Gasteiger partial charge is 0.618 e. The zero-order valence-electron chi connectivity index (χ0n) is 12.0. The van der Waals surface area contributed by atoms with Crippen LogP contribution in [0.5, 0.6) is 0 Å². The van der Waals surface area contributed by atoms with Gasteiger partial charge >= 0.3 is 0 Å². The van der Waals surface area contributed by atoms with Crippen molar-refractivity contribution in [2.75, 3.05) is 0 Å². The molecule has 0 aromatic carbocycles. The molecule has 0 N–H and O–H groups in total. The van der Waals surface area contributed by atoms with Gasteiger partial charge in [-0.2, -0.15) is 4.73 Å². The van der Waals surface area contributed by atoms with Crippen molar-refractivity contribution in [2.45, 2.75) is 33.7 Å². The zero-order valence-corrected chi connectivity index (χ0v) is 12.0. The predicted molar refractivity (Wildman–Crippen MR) is 78.2 cm³/mol. The lowest BCUT2D eigenvalue weighted by molar-refractivity contribution is -0.575. The van der Waals surface area contributed by atoms with E-state index in [0.717, 1.165) is 40.1 Å². The Balaban J connectivity index is 2.43. The molecule has 3 aromatic heterocycles. The van der Waals surface area contributed by atoms with Gasteiger partial charge in [0, 0.05) is 25.2 Å². The third-order valence-corrected chi connectivity index (χ3v) is 3.43. The molecule has 0 unspecified atom stereocenters. The van der Waals surface area contributed by atoms with E-state index in [0.29, 0.717) is 11.4 Å². The van der Waals surface area contributed by atoms with E-state index in [2.05, 4.69) is 35.3 Å². The average Bonchev–Trinajstić information content (AvgIpc) is 2.76. The first kappa shape index (κ1) is 12.8. The van der Waals surface area contributed by atoms with Crippen molar-refractivity contribution >= 4 is 22.1 Å². The van der Waals surface area contributed by atoms with Crippen LogP contribution in [-0.4, -0.2) is 14.5 Å². The fourth-order valence-corrected chi connectivity index (χ4v) is 2.63. The lowest BCUT2D eigenvalue weighted by Crippen LogP contribution is -2.26. The van der Waals surface area contributed by atoms with Crippen molar-refractivity contribution < 1.29 is 4.73 Å². The maximum atomic E-state index is 12.1. The van der Waals surface area contributed by atoms with E-state index in [1.807, 2.05) is 0 Å². The Morgan fingerprint density at radius 2 is 2.20 bits per heavy atom. The van der Waals surface area contributed by atoms with Crippen LogP contribution in [0.4, 0.5) is 0 Å². The van der Waals surface area contributed by atoms with Crippen LogP contribution >= 0.6 is 0 Å². The predicted octanol–water partition coefficient (Wildman–Crippen LogP) is 2.44. The lowest BCUT2D eigenvalue weighted by atomic mass is 10.2. The van der Waals surface area contributed by atoms with E-state index in [-0.39, 0.29) is 0 Å². The van der Waals surface area contributed by atoms with E-state index in [4.69, 9.17) is 0 Å². The summed E-state index contributed by atoms with van der Waals surface area (Å²) in [5.74, 6) is 1.52. The molecule has 0 bridgehead atoms. The first-order chi connectivity index (χ1) is 9.61. The summed E-state index contributed by atoms with van der Waals surface area (Å²) >= 11 is 0. The second-order valence-corrected chi connectivity index (χ2v) is 5.45. The molecule has 0 fully saturated rings. The van der Waals surface area contributed by atoms with Gasteiger partial charge in [0.1, 0.15) is 11.3 Å². The molecule has 0 saturated carbocycles. The summed E-state index contributed by atoms with van der Waals surface area (Å²) in [5, 5.41) is 12.1. The van der Waals surface area contributed by atoms with Crippen molar-refractivity contribution in [1.29, 1.82) is 0 Å². The van der Waals surface area contributed by atoms with E-state index in [9.17, 15) is 5.21 Å². The van der Waals surface area contributed by atoms with Crippen molar-refractivity contribution in [3.63, 3.8) is 0 Å². The number of nitrogens with zero attached hydrogens (tertiary/aromatic N) is 4. The number of hydrogen-bond acceptors (Lipinski definition) is 3. The summed E-state index contributed by atoms with van der Waals surface area (Å²) in [6, 6.07) is 3.58. The molecule has 3 heterocycles. The van der Waals surface area contributed by atoms with Gasteiger partial charge in [0.2, 0.25) is 11.7 Å². The van der Waals surface area contributed by atoms with Crippen molar-refractivity contribution in [2.24, 2.45) is 5.92 Å². The van der Waals surface area contributed by atoms with Gasteiger partial charge in [-0.15, -0.1) is 0 Å². The Bertz CT molecular complexity index is 776. The maximum Gasteiger partial charge on any atom is 0.244 e. The van der Waals surface area contributed by atoms with E-state index in [1.54, 1.807) is 24.5 Å². The van der Waals surface area contributed by atoms with E-state index in [1.165, 1.54) is 0 Å². The molecular weight excluding hydrogens is 252 g/mol. The molecule has 3 rings (SSSR count). The van der Waals surface area contributed by atoms with Gasteiger partial charge in [0.25, 0.3) is 0 Å². The van der Waals surface area contributed by atoms with Crippen LogP contribution in [-0.2, 0) is 13.0 Å². The topological polar surface area (TPSA) is 57.6 Å². The molecule has 20 heavy (non-hydrogen) atoms. The van der Waals surface area contributed by atoms with Crippen LogP contribution in [0.2, 0.25) is 0 Å². The number of aromatic nitrogens is 4. The Kier molecular flexibility index (Phi) is 3.04. The summed E-state index contributed by atoms with van der Waals surface area (Å²) in [7, 11) is 0. The molecule has 3 aromatic rings. The fourth-order valence-electron chi connectivity index (χ4n) is 2.63. The highest BCUT2D eigenvalue weighted by molar-refractivity contribution is 5.97. The highest BCUT2D eigenvalue weighted by Gasteiger charge is 2.19. The molecule has 0 spiro atoms. The zero-order chi connectivity index (χ0) is 14.3. The number of pyridine rings is 2. The van der Waals surface area contributed by atoms with E-state index >= 15 is 0 Å². The third-order valence-electron chi connectivity index (χ3n) is 3.43. The molecule has 0 amide bonds. The Hall–Kier alpha value is -2.17. The molecular formula is C15H18N4O. The number of hydrogen-bond donors (Lipinski definition) is 0. The first-order valence-corrected chi connectivity index (χ1v) is 6.97. The van der Waals surface area contributed by atoms with Gasteiger partial charge in [-0.3, -0.25) is 0 Å². The highest BCUT2D eigenvalue weighted by atomic mass is 16.5. The minimum absolute atomic E-state index is 0.510. The number of aryl methyl sites for hydroxylation is 1. The quantitative estimate of drug-likeness (QED) is 0.542. The summed E-state index contributed by atoms with van der Waals surface area (Å²) in [5.41, 5.74) is 3.02. The van der Waals surface area contributed by atoms with Gasteiger partial charge in [0.15, 0.2) is 11.0 Å². The average molecular weight is 270 g/mol. The van der Waals surface area contributed by atoms with Gasteiger partial charge in [-0.05, 0) is 12.0 Å². The highest BCUT2D eigenvalue weighted by Crippen LogP contribution is 2.23. The first-order valence-electron chi connectivity index (χ1n) is 6.97. The molecule has 5 nitrogen and oxygen atoms in total. The Morgan fingerprint density at radius 3 is 2.90 bits per heavy atom. The summed E-state index contributed by atoms with van der Waals surface area (Å²) in [6.45, 7) is 7.32. The van der Waals surface area contributed by atoms with Crippen LogP contribution in [0.3, 0.4) is 0 Å². The van der Waals surface area contributed by atoms with Gasteiger partial charge in [-0.25, -0.2) is 9.97 Å². The second kappa shape index (κ2) is 4.74. The van der Waals surface area contributed by atoms with Crippen LogP contribution in [0, 0.1) is 11.1 Å². The van der Waals surface area contributed by atoms with Crippen LogP contribution in [0.1, 0.15) is 26.6 Å². The van der Waals surface area contributed by atoms with Gasteiger partial charge in [0.05, 0.1) is 0 Å². The van der Waals surface area contributed by atoms with Crippen molar-refractivity contribution in [3.8, 4) is 0 Å². The summed E-state index contributed by atoms with van der Waals surface area (Å²) in [4.78, 5) is 9.00. The molecule has 0 aliphatic carbocycles. The minimum atomic E-state index is 0.510. The van der Waals surface area contributed by atoms with Crippen molar-refractivity contribution in [3.05, 3.63) is 35.6 Å². The SMILES string of the molecule is CCc1nc2c[n+]([O-])c3cccnc3c2n1CC(C)C. The van der Waals surface area contributed by atoms with Gasteiger partial charge < -0.3 is 9.77 Å². The molecule has 5 heteroatoms. The smallest absolute Gasteiger partial charge is 0.244 e. The number of imidazole rings is 1. The molecule has 0 atom stereocenters. The minimum Gasteiger partial charge on any atom is -0.618 e. The Morgan fingerprint density at radius 1 is 1.40 bits per heavy atom. The Labute approximate surface area is 117 Å². The fraction of sp³-hybridized carbons (Fsp3) is 0.400. The molecule has 0 aliphatic heterocycles. The molecule has 104 valence electrons. The molecule has 0 aliphatic rings. The number of fused-ring (bicyclic) bond motifs is 3. The summed E-state index contributed by atoms with van der Waals surface area (Å²) in [6.07, 6.45) is 4.12. The molecule has 0 radical (unpaired) electrons. The van der Waals surface area contributed by atoms with E-state index < -0.39 is 0 Å². The molecule has 0 saturated heterocycles. The number of rotatable bonds is 3. The third kappa shape index (κ3) is 1.90. The monoisotopic (exact) mass is 270 g/mol. The standard InChI is InChI=1S/C15H18N4O/c1-4-13-17-11-9-19(20)12-6-5-7-16-14(12)15(11)18(13)8-10(2)3/h5-7,9-10H,4,8H2,1-3H3. The van der Waals surface area contributed by atoms with Gasteiger partial charge in [-0.1, -0.05) is 20.8 Å². The van der Waals surface area contributed by atoms with Crippen LogP contribution in [0.15, 0.2) is 24.5 Å².